The number of piperazine rings is 1. The highest BCUT2D eigenvalue weighted by molar-refractivity contribution is 5.83. The van der Waals surface area contributed by atoms with Gasteiger partial charge in [0.15, 0.2) is 0 Å². The Morgan fingerprint density at radius 1 is 1.00 bits per heavy atom. The minimum absolute atomic E-state index is 0.104. The number of rotatable bonds is 4. The number of amides is 1. The first kappa shape index (κ1) is 22.8. The van der Waals surface area contributed by atoms with Crippen molar-refractivity contribution in [2.45, 2.75) is 39.3 Å². The number of hydrogen-bond acceptors (Lipinski definition) is 4. The lowest BCUT2D eigenvalue weighted by atomic mass is 9.92. The van der Waals surface area contributed by atoms with Crippen molar-refractivity contribution < 1.29 is 9.90 Å². The van der Waals surface area contributed by atoms with Crippen LogP contribution in [-0.2, 0) is 4.79 Å². The van der Waals surface area contributed by atoms with Crippen LogP contribution in [0.2, 0.25) is 0 Å². The van der Waals surface area contributed by atoms with Crippen LogP contribution in [0.1, 0.15) is 39.3 Å². The highest BCUT2D eigenvalue weighted by Gasteiger charge is 2.41. The van der Waals surface area contributed by atoms with Crippen molar-refractivity contribution in [3.63, 3.8) is 0 Å². The normalized spacial score (nSPS) is 17.1. The molecule has 1 unspecified atom stereocenters. The van der Waals surface area contributed by atoms with Crippen molar-refractivity contribution >= 4 is 11.6 Å². The third-order valence-electron chi connectivity index (χ3n) is 5.28. The summed E-state index contributed by atoms with van der Waals surface area (Å²) in [6.07, 6.45) is 0. The number of hydrogen-bond donors (Lipinski definition) is 1. The Bertz CT molecular complexity index is 772. The van der Waals surface area contributed by atoms with Gasteiger partial charge in [0.1, 0.15) is 11.8 Å². The van der Waals surface area contributed by atoms with Crippen LogP contribution in [0, 0.1) is 0 Å². The van der Waals surface area contributed by atoms with Crippen LogP contribution in [0.4, 0.5) is 5.69 Å². The highest BCUT2D eigenvalue weighted by atomic mass is 16.3. The average Bonchev–Trinajstić information content (AvgIpc) is 2.71. The molecule has 3 rings (SSSR count). The summed E-state index contributed by atoms with van der Waals surface area (Å²) in [4.78, 5) is 19.4. The summed E-state index contributed by atoms with van der Waals surface area (Å²) in [5.41, 5.74) is 1.93. The van der Waals surface area contributed by atoms with Crippen LogP contribution < -0.4 is 4.90 Å². The molecule has 1 fully saturated rings. The third kappa shape index (κ3) is 5.30. The molecular weight excluding hydrogens is 362 g/mol. The Morgan fingerprint density at radius 2 is 1.59 bits per heavy atom. The lowest BCUT2D eigenvalue weighted by Crippen LogP contribution is -2.62. The van der Waals surface area contributed by atoms with Crippen molar-refractivity contribution in [1.82, 2.24) is 9.80 Å². The van der Waals surface area contributed by atoms with Crippen molar-refractivity contribution in [2.75, 3.05) is 38.6 Å². The summed E-state index contributed by atoms with van der Waals surface area (Å²) < 4.78 is 0. The van der Waals surface area contributed by atoms with Gasteiger partial charge in [0, 0.05) is 45.0 Å². The first-order valence-corrected chi connectivity index (χ1v) is 10.4. The van der Waals surface area contributed by atoms with E-state index in [1.807, 2.05) is 70.4 Å². The molecule has 5 nitrogen and oxygen atoms in total. The Hall–Kier alpha value is -2.53. The monoisotopic (exact) mass is 397 g/mol. The predicted molar refractivity (Wildman–Crippen MR) is 120 cm³/mol. The second-order valence-electron chi connectivity index (χ2n) is 7.99. The van der Waals surface area contributed by atoms with Gasteiger partial charge in [-0.05, 0) is 43.7 Å². The molecule has 1 N–H and O–H groups in total. The molecule has 0 radical (unpaired) electrons. The minimum Gasteiger partial charge on any atom is -0.508 e. The number of anilines is 1. The zero-order valence-electron chi connectivity index (χ0n) is 18.6. The number of phenolic OH excluding ortho intramolecular Hbond substituents is 1. The molecule has 1 heterocycles. The van der Waals surface area contributed by atoms with E-state index in [2.05, 4.69) is 23.6 Å². The van der Waals surface area contributed by atoms with Crippen LogP contribution in [0.5, 0.6) is 5.75 Å². The molecule has 0 bridgehead atoms. The van der Waals surface area contributed by atoms with Crippen LogP contribution in [0.3, 0.4) is 0 Å². The van der Waals surface area contributed by atoms with Gasteiger partial charge < -0.3 is 14.9 Å². The van der Waals surface area contributed by atoms with Crippen molar-refractivity contribution in [3.05, 3.63) is 60.2 Å². The summed E-state index contributed by atoms with van der Waals surface area (Å²) in [5.74, 6) is 0.379. The standard InChI is InChI=1S/C22H29N3O2.C2H6/c1-22(2)16-24(18-10-12-19(26)13-11-18)14-15-25(22)20(21(27)23(3)4)17-8-6-5-7-9-17;1-2/h5-13,20,26H,14-16H2,1-4H3;1-2H3. The maximum atomic E-state index is 13.1. The lowest BCUT2D eigenvalue weighted by Gasteiger charge is -2.51. The molecular formula is C24H35N3O2. The summed E-state index contributed by atoms with van der Waals surface area (Å²) in [7, 11) is 3.63. The van der Waals surface area contributed by atoms with E-state index in [0.717, 1.165) is 30.9 Å². The quantitative estimate of drug-likeness (QED) is 0.842. The summed E-state index contributed by atoms with van der Waals surface area (Å²) in [6.45, 7) is 10.8. The van der Waals surface area contributed by atoms with Gasteiger partial charge in [-0.15, -0.1) is 0 Å². The van der Waals surface area contributed by atoms with E-state index >= 15 is 0 Å². The maximum absolute atomic E-state index is 13.1. The van der Waals surface area contributed by atoms with Crippen LogP contribution in [0.15, 0.2) is 54.6 Å². The fraction of sp³-hybridized carbons (Fsp3) is 0.458. The maximum Gasteiger partial charge on any atom is 0.244 e. The second-order valence-corrected chi connectivity index (χ2v) is 7.99. The van der Waals surface area contributed by atoms with E-state index in [1.165, 1.54) is 0 Å². The van der Waals surface area contributed by atoms with Gasteiger partial charge in [-0.2, -0.15) is 0 Å². The molecule has 0 aromatic heterocycles. The Labute approximate surface area is 175 Å². The number of aromatic hydroxyl groups is 1. The zero-order valence-corrected chi connectivity index (χ0v) is 18.6. The molecule has 1 atom stereocenters. The molecule has 0 aliphatic carbocycles. The highest BCUT2D eigenvalue weighted by Crippen LogP contribution is 2.34. The van der Waals surface area contributed by atoms with E-state index in [4.69, 9.17) is 0 Å². The van der Waals surface area contributed by atoms with Crippen LogP contribution >= 0.6 is 0 Å². The molecule has 1 saturated heterocycles. The molecule has 158 valence electrons. The molecule has 29 heavy (non-hydrogen) atoms. The number of carbonyl (C=O) groups is 1. The van der Waals surface area contributed by atoms with Gasteiger partial charge in [0.25, 0.3) is 0 Å². The molecule has 5 heteroatoms. The first-order valence-electron chi connectivity index (χ1n) is 10.4. The summed E-state index contributed by atoms with van der Waals surface area (Å²) in [5, 5.41) is 9.54. The topological polar surface area (TPSA) is 47.0 Å². The number of benzene rings is 2. The largest absolute Gasteiger partial charge is 0.508 e. The van der Waals surface area contributed by atoms with E-state index in [-0.39, 0.29) is 23.2 Å². The SMILES string of the molecule is CC.CN(C)C(=O)C(c1ccccc1)N1CCN(c2ccc(O)cc2)CC1(C)C. The molecule has 1 amide bonds. The van der Waals surface area contributed by atoms with E-state index in [1.54, 1.807) is 17.0 Å². The van der Waals surface area contributed by atoms with Crippen LogP contribution in [-0.4, -0.2) is 60.1 Å². The Morgan fingerprint density at radius 3 is 2.10 bits per heavy atom. The molecule has 2 aromatic rings. The van der Waals surface area contributed by atoms with Gasteiger partial charge in [0.05, 0.1) is 0 Å². The van der Waals surface area contributed by atoms with Gasteiger partial charge in [-0.25, -0.2) is 0 Å². The molecule has 0 saturated carbocycles. The predicted octanol–water partition coefficient (Wildman–Crippen LogP) is 4.15. The Balaban J connectivity index is 0.00000145. The smallest absolute Gasteiger partial charge is 0.244 e. The van der Waals surface area contributed by atoms with E-state index in [0.29, 0.717) is 0 Å². The second kappa shape index (κ2) is 9.79. The van der Waals surface area contributed by atoms with Crippen molar-refractivity contribution in [1.29, 1.82) is 0 Å². The fourth-order valence-corrected chi connectivity index (χ4v) is 3.87. The Kier molecular flexibility index (Phi) is 7.68. The van der Waals surface area contributed by atoms with Crippen molar-refractivity contribution in [2.24, 2.45) is 0 Å². The van der Waals surface area contributed by atoms with Crippen molar-refractivity contribution in [3.8, 4) is 5.75 Å². The molecule has 0 spiro atoms. The lowest BCUT2D eigenvalue weighted by molar-refractivity contribution is -0.137. The third-order valence-corrected chi connectivity index (χ3v) is 5.28. The van der Waals surface area contributed by atoms with Crippen LogP contribution in [0.25, 0.3) is 0 Å². The summed E-state index contributed by atoms with van der Waals surface area (Å²) in [6, 6.07) is 17.1. The fourth-order valence-electron chi connectivity index (χ4n) is 3.87. The molecule has 1 aliphatic rings. The van der Waals surface area contributed by atoms with Gasteiger partial charge in [-0.3, -0.25) is 9.69 Å². The van der Waals surface area contributed by atoms with E-state index < -0.39 is 0 Å². The van der Waals surface area contributed by atoms with E-state index in [9.17, 15) is 9.90 Å². The molecule has 2 aromatic carbocycles. The molecule has 1 aliphatic heterocycles. The number of nitrogens with zero attached hydrogens (tertiary/aromatic N) is 3. The zero-order chi connectivity index (χ0) is 21.6. The summed E-state index contributed by atoms with van der Waals surface area (Å²) >= 11 is 0. The first-order chi connectivity index (χ1) is 13.8. The minimum atomic E-state index is -0.293. The number of likely N-dealkylation sites (N-methyl/N-ethyl adjacent to an activating group) is 1. The number of carbonyl (C=O) groups excluding carboxylic acids is 1. The van der Waals surface area contributed by atoms with Gasteiger partial charge in [-0.1, -0.05) is 44.2 Å². The van der Waals surface area contributed by atoms with Gasteiger partial charge >= 0.3 is 0 Å². The average molecular weight is 398 g/mol. The van der Waals surface area contributed by atoms with Gasteiger partial charge in [0.2, 0.25) is 5.91 Å². The number of phenols is 1.